The third-order valence-electron chi connectivity index (χ3n) is 3.49. The van der Waals surface area contributed by atoms with Crippen LogP contribution in [0.3, 0.4) is 0 Å². The first-order valence-corrected chi connectivity index (χ1v) is 7.31. The molecule has 0 aliphatic rings. The second-order valence-electron chi connectivity index (χ2n) is 5.23. The van der Waals surface area contributed by atoms with Crippen LogP contribution < -0.4 is 5.32 Å². The van der Waals surface area contributed by atoms with Crippen molar-refractivity contribution in [2.24, 2.45) is 0 Å². The summed E-state index contributed by atoms with van der Waals surface area (Å²) in [6, 6.07) is 5.31. The molecule has 2 rings (SSSR count). The topological polar surface area (TPSA) is 67.3 Å². The molecule has 130 valence electrons. The number of rotatable bonds is 6. The monoisotopic (exact) mass is 341 g/mol. The maximum Gasteiger partial charge on any atom is 0.422 e. The summed E-state index contributed by atoms with van der Waals surface area (Å²) in [5.74, 6) is 0.219. The van der Waals surface area contributed by atoms with Gasteiger partial charge in [0.2, 0.25) is 0 Å². The van der Waals surface area contributed by atoms with Crippen LogP contribution in [0.2, 0.25) is 0 Å². The van der Waals surface area contributed by atoms with Gasteiger partial charge in [0.05, 0.1) is 24.9 Å². The summed E-state index contributed by atoms with van der Waals surface area (Å²) in [5, 5.41) is 13.1. The maximum absolute atomic E-state index is 13.2. The first kappa shape index (κ1) is 18.0. The van der Waals surface area contributed by atoms with E-state index in [1.165, 1.54) is 6.33 Å². The molecule has 0 aliphatic carbocycles. The molecule has 2 N–H and O–H groups in total. The summed E-state index contributed by atoms with van der Waals surface area (Å²) in [5.41, 5.74) is -1.57. The normalized spacial score (nSPS) is 14.8. The number of nitrogens with zero attached hydrogens (tertiary/aromatic N) is 2. The van der Waals surface area contributed by atoms with Crippen LogP contribution in [0.15, 0.2) is 36.9 Å². The minimum absolute atomic E-state index is 0.202. The molecule has 5 nitrogen and oxygen atoms in total. The first-order chi connectivity index (χ1) is 11.3. The van der Waals surface area contributed by atoms with Crippen LogP contribution in [-0.2, 0) is 4.74 Å². The summed E-state index contributed by atoms with van der Waals surface area (Å²) < 4.78 is 44.3. The van der Waals surface area contributed by atoms with Gasteiger partial charge in [-0.05, 0) is 31.6 Å². The number of halogens is 3. The summed E-state index contributed by atoms with van der Waals surface area (Å²) in [4.78, 5) is 8.10. The number of aryl methyl sites for hydroxylation is 1. The number of nitrogens with one attached hydrogen (secondary N) is 1. The molecule has 1 heterocycles. The zero-order valence-corrected chi connectivity index (χ0v) is 13.3. The van der Waals surface area contributed by atoms with Crippen molar-refractivity contribution in [2.75, 3.05) is 18.5 Å². The first-order valence-electron chi connectivity index (χ1n) is 7.31. The van der Waals surface area contributed by atoms with Crippen LogP contribution in [0.25, 0.3) is 10.9 Å². The van der Waals surface area contributed by atoms with Gasteiger partial charge in [0, 0.05) is 5.39 Å². The molecule has 8 heteroatoms. The quantitative estimate of drug-likeness (QED) is 0.790. The van der Waals surface area contributed by atoms with Crippen molar-refractivity contribution in [3.63, 3.8) is 0 Å². The SMILES string of the molecule is CCO/C=C/C(O)(CNc1ncnc2c(C)cccc12)C(F)(F)F. The zero-order chi connectivity index (χ0) is 17.8. The van der Waals surface area contributed by atoms with Crippen LogP contribution in [0.5, 0.6) is 0 Å². The third kappa shape index (κ3) is 3.76. The van der Waals surface area contributed by atoms with Gasteiger partial charge in [0.15, 0.2) is 5.60 Å². The molecular weight excluding hydrogens is 323 g/mol. The van der Waals surface area contributed by atoms with Crippen molar-refractivity contribution in [3.8, 4) is 0 Å². The van der Waals surface area contributed by atoms with Crippen LogP contribution in [0, 0.1) is 6.92 Å². The van der Waals surface area contributed by atoms with Gasteiger partial charge < -0.3 is 15.2 Å². The molecule has 0 bridgehead atoms. The van der Waals surface area contributed by atoms with Gasteiger partial charge in [0.1, 0.15) is 12.1 Å². The molecule has 0 saturated carbocycles. The van der Waals surface area contributed by atoms with Gasteiger partial charge in [-0.1, -0.05) is 12.1 Å². The Bertz CT molecular complexity index is 734. The predicted octanol–water partition coefficient (Wildman–Crippen LogP) is 3.19. The lowest BCUT2D eigenvalue weighted by molar-refractivity contribution is -0.234. The van der Waals surface area contributed by atoms with Gasteiger partial charge in [-0.15, -0.1) is 0 Å². The molecule has 1 unspecified atom stereocenters. The highest BCUT2D eigenvalue weighted by atomic mass is 19.4. The van der Waals surface area contributed by atoms with Gasteiger partial charge >= 0.3 is 6.18 Å². The standard InChI is InChI=1S/C16H18F3N3O2/c1-3-24-8-7-15(23,16(17,18)19)9-20-14-12-6-4-5-11(2)13(12)21-10-22-14/h4-8,10,23H,3,9H2,1-2H3,(H,20,21,22)/b8-7+. The second kappa shape index (κ2) is 7.04. The minimum Gasteiger partial charge on any atom is -0.502 e. The van der Waals surface area contributed by atoms with Gasteiger partial charge in [-0.2, -0.15) is 13.2 Å². The number of fused-ring (bicyclic) bond motifs is 1. The summed E-state index contributed by atoms with van der Waals surface area (Å²) in [7, 11) is 0. The van der Waals surface area contributed by atoms with Crippen molar-refractivity contribution in [3.05, 3.63) is 42.4 Å². The number of hydrogen-bond acceptors (Lipinski definition) is 5. The van der Waals surface area contributed by atoms with E-state index < -0.39 is 18.3 Å². The number of hydrogen-bond donors (Lipinski definition) is 2. The van der Waals surface area contributed by atoms with E-state index >= 15 is 0 Å². The Balaban J connectivity index is 2.28. The van der Waals surface area contributed by atoms with Crippen molar-refractivity contribution < 1.29 is 23.0 Å². The number of para-hydroxylation sites is 1. The zero-order valence-electron chi connectivity index (χ0n) is 13.3. The molecule has 1 aromatic heterocycles. The Morgan fingerprint density at radius 1 is 1.29 bits per heavy atom. The maximum atomic E-state index is 13.2. The lowest BCUT2D eigenvalue weighted by Gasteiger charge is -2.27. The molecule has 0 fully saturated rings. The Morgan fingerprint density at radius 3 is 2.71 bits per heavy atom. The number of alkyl halides is 3. The van der Waals surface area contributed by atoms with E-state index in [0.717, 1.165) is 11.8 Å². The van der Waals surface area contributed by atoms with Crippen LogP contribution in [0.1, 0.15) is 12.5 Å². The lowest BCUT2D eigenvalue weighted by atomic mass is 10.0. The van der Waals surface area contributed by atoms with Crippen molar-refractivity contribution in [1.82, 2.24) is 9.97 Å². The van der Waals surface area contributed by atoms with Crippen LogP contribution >= 0.6 is 0 Å². The van der Waals surface area contributed by atoms with Crippen molar-refractivity contribution >= 4 is 16.7 Å². The second-order valence-corrected chi connectivity index (χ2v) is 5.23. The summed E-state index contributed by atoms with van der Waals surface area (Å²) >= 11 is 0. The fourth-order valence-electron chi connectivity index (χ4n) is 2.11. The smallest absolute Gasteiger partial charge is 0.422 e. The fourth-order valence-corrected chi connectivity index (χ4v) is 2.11. The van der Waals surface area contributed by atoms with E-state index in [2.05, 4.69) is 15.3 Å². The molecule has 0 spiro atoms. The number of aliphatic hydroxyl groups is 1. The van der Waals surface area contributed by atoms with E-state index in [1.807, 2.05) is 13.0 Å². The molecule has 2 aromatic rings. The molecule has 0 amide bonds. The minimum atomic E-state index is -4.87. The fraction of sp³-hybridized carbons (Fsp3) is 0.375. The molecule has 0 radical (unpaired) electrons. The number of anilines is 1. The highest BCUT2D eigenvalue weighted by Crippen LogP contribution is 2.32. The number of benzene rings is 1. The van der Waals surface area contributed by atoms with Gasteiger partial charge in [-0.3, -0.25) is 0 Å². The summed E-state index contributed by atoms with van der Waals surface area (Å²) in [6.07, 6.45) is -2.18. The number of aromatic nitrogens is 2. The highest BCUT2D eigenvalue weighted by Gasteiger charge is 2.52. The van der Waals surface area contributed by atoms with Crippen LogP contribution in [-0.4, -0.2) is 40.0 Å². The molecule has 0 saturated heterocycles. The summed E-state index contributed by atoms with van der Waals surface area (Å²) in [6.45, 7) is 2.87. The van der Waals surface area contributed by atoms with Gasteiger partial charge in [-0.25, -0.2) is 9.97 Å². The van der Waals surface area contributed by atoms with E-state index in [9.17, 15) is 18.3 Å². The molecule has 0 aliphatic heterocycles. The van der Waals surface area contributed by atoms with Gasteiger partial charge in [0.25, 0.3) is 0 Å². The average Bonchev–Trinajstić information content (AvgIpc) is 2.52. The van der Waals surface area contributed by atoms with E-state index in [0.29, 0.717) is 17.0 Å². The molecular formula is C16H18F3N3O2. The molecule has 1 atom stereocenters. The molecule has 1 aromatic carbocycles. The highest BCUT2D eigenvalue weighted by molar-refractivity contribution is 5.90. The Kier molecular flexibility index (Phi) is 5.28. The van der Waals surface area contributed by atoms with E-state index in [1.54, 1.807) is 19.1 Å². The average molecular weight is 341 g/mol. The number of ether oxygens (including phenoxy) is 1. The Labute approximate surface area is 137 Å². The Morgan fingerprint density at radius 2 is 2.04 bits per heavy atom. The molecule has 24 heavy (non-hydrogen) atoms. The van der Waals surface area contributed by atoms with Crippen molar-refractivity contribution in [2.45, 2.75) is 25.6 Å². The van der Waals surface area contributed by atoms with E-state index in [4.69, 9.17) is 4.74 Å². The van der Waals surface area contributed by atoms with E-state index in [-0.39, 0.29) is 12.4 Å². The lowest BCUT2D eigenvalue weighted by Crippen LogP contribution is -2.49. The Hall–Kier alpha value is -2.35. The van der Waals surface area contributed by atoms with Crippen molar-refractivity contribution in [1.29, 1.82) is 0 Å². The predicted molar refractivity (Wildman–Crippen MR) is 84.5 cm³/mol. The largest absolute Gasteiger partial charge is 0.502 e. The van der Waals surface area contributed by atoms with Crippen LogP contribution in [0.4, 0.5) is 19.0 Å². The third-order valence-corrected chi connectivity index (χ3v) is 3.49.